The number of rotatable bonds is 5. The summed E-state index contributed by atoms with van der Waals surface area (Å²) in [6.07, 6.45) is -4.53. The quantitative estimate of drug-likeness (QED) is 0.632. The van der Waals surface area contributed by atoms with Crippen LogP contribution < -0.4 is 0 Å². The lowest BCUT2D eigenvalue weighted by atomic mass is 10.0. The molecule has 4 nitrogen and oxygen atoms in total. The van der Waals surface area contributed by atoms with Crippen LogP contribution in [0.25, 0.3) is 0 Å². The Kier molecular flexibility index (Phi) is 5.31. The van der Waals surface area contributed by atoms with Crippen LogP contribution in [0.4, 0.5) is 13.2 Å². The number of halogens is 3. The molecule has 0 bridgehead atoms. The first-order valence-electron chi connectivity index (χ1n) is 5.53. The predicted octanol–water partition coefficient (Wildman–Crippen LogP) is 1.45. The van der Waals surface area contributed by atoms with Crippen LogP contribution in [0.2, 0.25) is 0 Å². The summed E-state index contributed by atoms with van der Waals surface area (Å²) in [5, 5.41) is 19.1. The van der Waals surface area contributed by atoms with E-state index in [0.29, 0.717) is 12.1 Å². The molecule has 0 aliphatic carbocycles. The van der Waals surface area contributed by atoms with Crippen molar-refractivity contribution >= 4 is 5.97 Å². The second-order valence-corrected chi connectivity index (χ2v) is 3.78. The van der Waals surface area contributed by atoms with Gasteiger partial charge in [0.15, 0.2) is 11.6 Å². The fourth-order valence-electron chi connectivity index (χ4n) is 1.51. The highest BCUT2D eigenvalue weighted by molar-refractivity contribution is 5.70. The zero-order chi connectivity index (χ0) is 14.6. The second kappa shape index (κ2) is 6.53. The molecule has 2 N–H and O–H groups in total. The Morgan fingerprint density at radius 1 is 1.26 bits per heavy atom. The average molecular weight is 278 g/mol. The van der Waals surface area contributed by atoms with E-state index in [0.717, 1.165) is 0 Å². The van der Waals surface area contributed by atoms with E-state index >= 15 is 0 Å². The molecule has 7 heteroatoms. The second-order valence-electron chi connectivity index (χ2n) is 3.78. The van der Waals surface area contributed by atoms with Crippen LogP contribution in [-0.4, -0.2) is 28.9 Å². The molecule has 0 aliphatic heterocycles. The van der Waals surface area contributed by atoms with Crippen LogP contribution >= 0.6 is 0 Å². The molecule has 0 fully saturated rings. The van der Waals surface area contributed by atoms with Crippen molar-refractivity contribution in [2.45, 2.75) is 25.6 Å². The van der Waals surface area contributed by atoms with Gasteiger partial charge < -0.3 is 14.9 Å². The highest BCUT2D eigenvalue weighted by Crippen LogP contribution is 2.26. The lowest BCUT2D eigenvalue weighted by Crippen LogP contribution is -2.25. The van der Waals surface area contributed by atoms with Crippen molar-refractivity contribution in [1.29, 1.82) is 0 Å². The summed E-state index contributed by atoms with van der Waals surface area (Å²) < 4.78 is 44.1. The molecule has 19 heavy (non-hydrogen) atoms. The highest BCUT2D eigenvalue weighted by atomic mass is 19.2. The van der Waals surface area contributed by atoms with Crippen LogP contribution in [0.3, 0.4) is 0 Å². The number of carbonyl (C=O) groups excluding carboxylic acids is 1. The number of aliphatic hydroxyl groups excluding tert-OH is 2. The fraction of sp³-hybridized carbons (Fsp3) is 0.417. The van der Waals surface area contributed by atoms with Crippen LogP contribution in [0.1, 0.15) is 25.0 Å². The van der Waals surface area contributed by atoms with Gasteiger partial charge in [0.05, 0.1) is 24.7 Å². The minimum absolute atomic E-state index is 0.0599. The van der Waals surface area contributed by atoms with Gasteiger partial charge >= 0.3 is 5.97 Å². The summed E-state index contributed by atoms with van der Waals surface area (Å²) in [5.74, 6) is -5.02. The van der Waals surface area contributed by atoms with E-state index < -0.39 is 47.6 Å². The number of ether oxygens (including phenoxy) is 1. The van der Waals surface area contributed by atoms with Gasteiger partial charge in [0.25, 0.3) is 0 Å². The number of carbonyl (C=O) groups is 1. The van der Waals surface area contributed by atoms with Crippen LogP contribution in [0.5, 0.6) is 0 Å². The molecular weight excluding hydrogens is 265 g/mol. The molecule has 2 atom stereocenters. The highest BCUT2D eigenvalue weighted by Gasteiger charge is 2.28. The van der Waals surface area contributed by atoms with Crippen molar-refractivity contribution in [2.24, 2.45) is 0 Å². The maximum atomic E-state index is 13.4. The monoisotopic (exact) mass is 278 g/mol. The van der Waals surface area contributed by atoms with E-state index in [4.69, 9.17) is 0 Å². The summed E-state index contributed by atoms with van der Waals surface area (Å²) in [5.41, 5.74) is -1.02. The Morgan fingerprint density at radius 2 is 1.84 bits per heavy atom. The first-order valence-corrected chi connectivity index (χ1v) is 5.53. The van der Waals surface area contributed by atoms with Crippen LogP contribution in [-0.2, 0) is 9.53 Å². The molecule has 1 aromatic rings. The minimum Gasteiger partial charge on any atom is -0.466 e. The summed E-state index contributed by atoms with van der Waals surface area (Å²) in [6.45, 7) is 1.59. The van der Waals surface area contributed by atoms with E-state index in [1.165, 1.54) is 6.92 Å². The summed E-state index contributed by atoms with van der Waals surface area (Å²) in [7, 11) is 0. The van der Waals surface area contributed by atoms with E-state index in [1.54, 1.807) is 0 Å². The van der Waals surface area contributed by atoms with Gasteiger partial charge in [-0.2, -0.15) is 0 Å². The molecule has 0 amide bonds. The number of esters is 1. The molecule has 106 valence electrons. The summed E-state index contributed by atoms with van der Waals surface area (Å²) >= 11 is 0. The van der Waals surface area contributed by atoms with Crippen LogP contribution in [0.15, 0.2) is 12.1 Å². The van der Waals surface area contributed by atoms with E-state index in [9.17, 15) is 28.2 Å². The van der Waals surface area contributed by atoms with Gasteiger partial charge in [0.2, 0.25) is 0 Å². The van der Waals surface area contributed by atoms with Gasteiger partial charge in [0.1, 0.15) is 11.9 Å². The normalized spacial score (nSPS) is 14.0. The summed E-state index contributed by atoms with van der Waals surface area (Å²) in [4.78, 5) is 11.1. The van der Waals surface area contributed by atoms with Crippen molar-refractivity contribution in [1.82, 2.24) is 0 Å². The number of hydrogen-bond donors (Lipinski definition) is 2. The van der Waals surface area contributed by atoms with Gasteiger partial charge in [-0.3, -0.25) is 4.79 Å². The molecule has 0 aromatic heterocycles. The van der Waals surface area contributed by atoms with E-state index in [1.807, 2.05) is 0 Å². The van der Waals surface area contributed by atoms with Gasteiger partial charge in [-0.1, -0.05) is 0 Å². The molecule has 0 spiro atoms. The zero-order valence-corrected chi connectivity index (χ0v) is 10.1. The lowest BCUT2D eigenvalue weighted by Gasteiger charge is -2.18. The van der Waals surface area contributed by atoms with Crippen molar-refractivity contribution in [3.05, 3.63) is 35.1 Å². The molecule has 0 aliphatic rings. The first kappa shape index (κ1) is 15.5. The SMILES string of the molecule is CCOC(=O)CC(O)C(O)c1c(F)ccc(F)c1F. The first-order chi connectivity index (χ1) is 8.88. The van der Waals surface area contributed by atoms with Crippen molar-refractivity contribution in [2.75, 3.05) is 6.61 Å². The molecule has 1 rings (SSSR count). The van der Waals surface area contributed by atoms with Gasteiger partial charge in [0, 0.05) is 0 Å². The number of aliphatic hydroxyl groups is 2. The largest absolute Gasteiger partial charge is 0.466 e. The predicted molar refractivity (Wildman–Crippen MR) is 58.5 cm³/mol. The van der Waals surface area contributed by atoms with Gasteiger partial charge in [-0.25, -0.2) is 13.2 Å². The standard InChI is InChI=1S/C12H13F3O4/c1-2-19-9(17)5-8(16)12(18)10-6(13)3-4-7(14)11(10)15/h3-4,8,12,16,18H,2,5H2,1H3. The Bertz CT molecular complexity index is 465. The maximum Gasteiger partial charge on any atom is 0.308 e. The number of hydrogen-bond acceptors (Lipinski definition) is 4. The third-order valence-electron chi connectivity index (χ3n) is 2.42. The zero-order valence-electron chi connectivity index (χ0n) is 10.1. The molecule has 0 heterocycles. The lowest BCUT2D eigenvalue weighted by molar-refractivity contribution is -0.147. The Labute approximate surface area is 107 Å². The van der Waals surface area contributed by atoms with Gasteiger partial charge in [-0.15, -0.1) is 0 Å². The molecule has 0 saturated carbocycles. The van der Waals surface area contributed by atoms with Crippen molar-refractivity contribution in [3.63, 3.8) is 0 Å². The summed E-state index contributed by atoms with van der Waals surface area (Å²) in [6, 6.07) is 1.17. The van der Waals surface area contributed by atoms with E-state index in [2.05, 4.69) is 4.74 Å². The Balaban J connectivity index is 2.91. The smallest absolute Gasteiger partial charge is 0.308 e. The third-order valence-corrected chi connectivity index (χ3v) is 2.42. The molecule has 2 unspecified atom stereocenters. The molecule has 0 radical (unpaired) electrons. The number of benzene rings is 1. The van der Waals surface area contributed by atoms with Crippen molar-refractivity contribution < 1.29 is 32.9 Å². The topological polar surface area (TPSA) is 66.8 Å². The third kappa shape index (κ3) is 3.68. The Morgan fingerprint density at radius 3 is 2.42 bits per heavy atom. The molecule has 0 saturated heterocycles. The van der Waals surface area contributed by atoms with E-state index in [-0.39, 0.29) is 6.61 Å². The molecular formula is C12H13F3O4. The van der Waals surface area contributed by atoms with Crippen molar-refractivity contribution in [3.8, 4) is 0 Å². The Hall–Kier alpha value is -1.60. The molecule has 1 aromatic carbocycles. The maximum absolute atomic E-state index is 13.4. The van der Waals surface area contributed by atoms with Crippen LogP contribution in [0, 0.1) is 17.5 Å². The average Bonchev–Trinajstić information content (AvgIpc) is 2.34. The van der Waals surface area contributed by atoms with Gasteiger partial charge in [-0.05, 0) is 19.1 Å². The fourth-order valence-corrected chi connectivity index (χ4v) is 1.51. The minimum atomic E-state index is -2.07.